The Morgan fingerprint density at radius 1 is 1.41 bits per heavy atom. The van der Waals surface area contributed by atoms with E-state index in [1.54, 1.807) is 0 Å². The van der Waals surface area contributed by atoms with E-state index in [0.29, 0.717) is 12.8 Å². The Bertz CT molecular complexity index is 351. The Morgan fingerprint density at radius 2 is 2.12 bits per heavy atom. The smallest absolute Gasteiger partial charge is 0.303 e. The number of hydrogen-bond donors (Lipinski definition) is 0. The number of hydrogen-bond acceptors (Lipinski definition) is 4. The molecule has 3 nitrogen and oxygen atoms in total. The van der Waals surface area contributed by atoms with E-state index in [9.17, 15) is 9.59 Å². The Labute approximate surface area is 106 Å². The number of carbonyl (C=O) groups is 2. The summed E-state index contributed by atoms with van der Waals surface area (Å²) in [7, 11) is 0. The van der Waals surface area contributed by atoms with Gasteiger partial charge in [0.25, 0.3) is 0 Å². The van der Waals surface area contributed by atoms with Crippen molar-refractivity contribution in [3.63, 3.8) is 0 Å². The molecule has 1 unspecified atom stereocenters. The van der Waals surface area contributed by atoms with E-state index in [2.05, 4.69) is 0 Å². The first-order valence-electron chi connectivity index (χ1n) is 5.55. The monoisotopic (exact) mass is 252 g/mol. The molecule has 0 bridgehead atoms. The molecule has 1 rings (SSSR count). The van der Waals surface area contributed by atoms with Crippen LogP contribution in [-0.4, -0.2) is 17.7 Å². The average Bonchev–Trinajstić information content (AvgIpc) is 2.30. The minimum Gasteiger partial charge on any atom is -0.451 e. The highest BCUT2D eigenvalue weighted by molar-refractivity contribution is 7.99. The van der Waals surface area contributed by atoms with Crippen LogP contribution in [0.25, 0.3) is 0 Å². The second kappa shape index (κ2) is 7.90. The van der Waals surface area contributed by atoms with Gasteiger partial charge in [-0.1, -0.05) is 30.0 Å². The second-order valence-electron chi connectivity index (χ2n) is 3.57. The minimum atomic E-state index is -0.287. The summed E-state index contributed by atoms with van der Waals surface area (Å²) in [5.74, 6) is -0.287. The lowest BCUT2D eigenvalue weighted by atomic mass is 10.2. The number of benzene rings is 1. The van der Waals surface area contributed by atoms with Gasteiger partial charge in [0.15, 0.2) is 5.44 Å². The Morgan fingerprint density at radius 3 is 2.71 bits per heavy atom. The molecule has 0 heterocycles. The van der Waals surface area contributed by atoms with Crippen LogP contribution >= 0.6 is 11.8 Å². The van der Waals surface area contributed by atoms with Gasteiger partial charge < -0.3 is 9.53 Å². The second-order valence-corrected chi connectivity index (χ2v) is 4.80. The van der Waals surface area contributed by atoms with Crippen molar-refractivity contribution < 1.29 is 14.3 Å². The third kappa shape index (κ3) is 6.12. The molecule has 0 amide bonds. The fraction of sp³-hybridized carbons (Fsp3) is 0.385. The molecule has 1 aromatic rings. The zero-order valence-corrected chi connectivity index (χ0v) is 10.6. The highest BCUT2D eigenvalue weighted by Crippen LogP contribution is 2.27. The van der Waals surface area contributed by atoms with Gasteiger partial charge in [-0.15, -0.1) is 0 Å². The maximum atomic E-state index is 11.0. The standard InChI is InChI=1S/C13H16O3S/c1-11(15)16-13(9-5-6-10-14)17-12-7-3-2-4-8-12/h2-4,7-8,10,13H,5-6,9H2,1H3. The van der Waals surface area contributed by atoms with Crippen LogP contribution in [0.3, 0.4) is 0 Å². The fourth-order valence-corrected chi connectivity index (χ4v) is 2.43. The summed E-state index contributed by atoms with van der Waals surface area (Å²) in [5, 5.41) is 0. The number of ether oxygens (including phenoxy) is 1. The van der Waals surface area contributed by atoms with Gasteiger partial charge in [-0.2, -0.15) is 0 Å². The van der Waals surface area contributed by atoms with E-state index in [1.807, 2.05) is 30.3 Å². The average molecular weight is 252 g/mol. The largest absolute Gasteiger partial charge is 0.451 e. The molecule has 0 aliphatic heterocycles. The van der Waals surface area contributed by atoms with Crippen LogP contribution in [0, 0.1) is 0 Å². The normalized spacial score (nSPS) is 11.8. The van der Waals surface area contributed by atoms with Crippen LogP contribution in [0.2, 0.25) is 0 Å². The highest BCUT2D eigenvalue weighted by atomic mass is 32.2. The van der Waals surface area contributed by atoms with Gasteiger partial charge in [0.05, 0.1) is 0 Å². The molecule has 17 heavy (non-hydrogen) atoms. The summed E-state index contributed by atoms with van der Waals surface area (Å²) < 4.78 is 5.21. The molecular formula is C13H16O3S. The van der Waals surface area contributed by atoms with E-state index in [-0.39, 0.29) is 11.4 Å². The molecular weight excluding hydrogens is 236 g/mol. The first-order chi connectivity index (χ1) is 8.22. The fourth-order valence-electron chi connectivity index (χ4n) is 1.35. The minimum absolute atomic E-state index is 0.213. The van der Waals surface area contributed by atoms with E-state index in [4.69, 9.17) is 4.74 Å². The Hall–Kier alpha value is -1.29. The van der Waals surface area contributed by atoms with Crippen molar-refractivity contribution in [2.75, 3.05) is 0 Å². The molecule has 1 atom stereocenters. The zero-order chi connectivity index (χ0) is 12.5. The van der Waals surface area contributed by atoms with E-state index < -0.39 is 0 Å². The zero-order valence-electron chi connectivity index (χ0n) is 9.80. The van der Waals surface area contributed by atoms with Crippen LogP contribution in [0.1, 0.15) is 26.2 Å². The summed E-state index contributed by atoms with van der Waals surface area (Å²) in [4.78, 5) is 22.3. The predicted octanol–water partition coefficient (Wildman–Crippen LogP) is 3.04. The number of carbonyl (C=O) groups excluding carboxylic acids is 2. The number of esters is 1. The summed E-state index contributed by atoms with van der Waals surface area (Å²) in [6.07, 6.45) is 2.82. The lowest BCUT2D eigenvalue weighted by Crippen LogP contribution is -2.12. The molecule has 0 saturated heterocycles. The predicted molar refractivity (Wildman–Crippen MR) is 67.8 cm³/mol. The van der Waals surface area contributed by atoms with Crippen molar-refractivity contribution in [3.05, 3.63) is 30.3 Å². The molecule has 0 radical (unpaired) electrons. The van der Waals surface area contributed by atoms with Crippen LogP contribution < -0.4 is 0 Å². The molecule has 0 aliphatic carbocycles. The third-order valence-corrected chi connectivity index (χ3v) is 3.21. The van der Waals surface area contributed by atoms with Crippen LogP contribution in [0.4, 0.5) is 0 Å². The van der Waals surface area contributed by atoms with Gasteiger partial charge in [0.1, 0.15) is 6.29 Å². The molecule has 0 aliphatic rings. The van der Waals surface area contributed by atoms with Gasteiger partial charge in [-0.3, -0.25) is 4.79 Å². The van der Waals surface area contributed by atoms with Crippen molar-refractivity contribution in [1.29, 1.82) is 0 Å². The molecule has 0 aromatic heterocycles. The number of unbranched alkanes of at least 4 members (excludes halogenated alkanes) is 1. The molecule has 0 N–H and O–H groups in total. The van der Waals surface area contributed by atoms with Crippen molar-refractivity contribution >= 4 is 24.0 Å². The number of thioether (sulfide) groups is 1. The maximum absolute atomic E-state index is 11.0. The molecule has 1 aromatic carbocycles. The van der Waals surface area contributed by atoms with Gasteiger partial charge in [-0.05, 0) is 25.0 Å². The molecule has 92 valence electrons. The Balaban J connectivity index is 2.50. The molecule has 0 spiro atoms. The van der Waals surface area contributed by atoms with Gasteiger partial charge >= 0.3 is 5.97 Å². The summed E-state index contributed by atoms with van der Waals surface area (Å²) >= 11 is 1.51. The first kappa shape index (κ1) is 13.8. The lowest BCUT2D eigenvalue weighted by molar-refractivity contribution is -0.142. The topological polar surface area (TPSA) is 43.4 Å². The SMILES string of the molecule is CC(=O)OC(CCCC=O)Sc1ccccc1. The lowest BCUT2D eigenvalue weighted by Gasteiger charge is -2.15. The van der Waals surface area contributed by atoms with Crippen molar-refractivity contribution in [2.24, 2.45) is 0 Å². The summed E-state index contributed by atoms with van der Waals surface area (Å²) in [6, 6.07) is 9.77. The van der Waals surface area contributed by atoms with Crippen molar-refractivity contribution in [3.8, 4) is 0 Å². The quantitative estimate of drug-likeness (QED) is 0.246. The number of aldehydes is 1. The van der Waals surface area contributed by atoms with Crippen LogP contribution in [0.15, 0.2) is 35.2 Å². The molecule has 0 saturated carbocycles. The summed E-state index contributed by atoms with van der Waals surface area (Å²) in [6.45, 7) is 1.40. The first-order valence-corrected chi connectivity index (χ1v) is 6.43. The molecule has 0 fully saturated rings. The van der Waals surface area contributed by atoms with Crippen LogP contribution in [-0.2, 0) is 14.3 Å². The van der Waals surface area contributed by atoms with Gasteiger partial charge in [0, 0.05) is 18.2 Å². The highest BCUT2D eigenvalue weighted by Gasteiger charge is 2.13. The van der Waals surface area contributed by atoms with Crippen LogP contribution in [0.5, 0.6) is 0 Å². The van der Waals surface area contributed by atoms with Crippen molar-refractivity contribution in [2.45, 2.75) is 36.5 Å². The molecule has 4 heteroatoms. The van der Waals surface area contributed by atoms with E-state index >= 15 is 0 Å². The Kier molecular flexibility index (Phi) is 6.40. The van der Waals surface area contributed by atoms with Crippen molar-refractivity contribution in [1.82, 2.24) is 0 Å². The third-order valence-electron chi connectivity index (χ3n) is 2.07. The van der Waals surface area contributed by atoms with E-state index in [0.717, 1.165) is 17.6 Å². The van der Waals surface area contributed by atoms with E-state index in [1.165, 1.54) is 18.7 Å². The van der Waals surface area contributed by atoms with Gasteiger partial charge in [-0.25, -0.2) is 0 Å². The van der Waals surface area contributed by atoms with Gasteiger partial charge in [0.2, 0.25) is 0 Å². The number of rotatable bonds is 7. The summed E-state index contributed by atoms with van der Waals surface area (Å²) in [5.41, 5.74) is -0.213. The maximum Gasteiger partial charge on any atom is 0.303 e.